The van der Waals surface area contributed by atoms with Crippen LogP contribution in [0.5, 0.6) is 0 Å². The van der Waals surface area contributed by atoms with Crippen molar-refractivity contribution in [3.8, 4) is 0 Å². The molecule has 112 valence electrons. The van der Waals surface area contributed by atoms with Crippen LogP contribution in [0.3, 0.4) is 0 Å². The van der Waals surface area contributed by atoms with E-state index >= 15 is 0 Å². The number of aliphatic hydroxyl groups excluding tert-OH is 1. The molecule has 8 nitrogen and oxygen atoms in total. The van der Waals surface area contributed by atoms with Crippen LogP contribution in [-0.2, 0) is 13.2 Å². The van der Waals surface area contributed by atoms with Gasteiger partial charge in [-0.25, -0.2) is 0 Å². The normalized spacial score (nSPS) is 9.86. The second-order valence-corrected chi connectivity index (χ2v) is 4.48. The maximum atomic E-state index is 11.1. The fourth-order valence-electron chi connectivity index (χ4n) is 1.89. The fraction of sp³-hybridized carbons (Fsp3) is 0.143. The third-order valence-electron chi connectivity index (χ3n) is 3.03. The van der Waals surface area contributed by atoms with E-state index in [0.29, 0.717) is 12.2 Å². The Morgan fingerprint density at radius 2 is 1.91 bits per heavy atom. The van der Waals surface area contributed by atoms with Gasteiger partial charge in [0.15, 0.2) is 0 Å². The maximum Gasteiger partial charge on any atom is 0.292 e. The molecule has 0 aromatic heterocycles. The lowest BCUT2D eigenvalue weighted by Crippen LogP contribution is -2.02. The number of azide groups is 1. The van der Waals surface area contributed by atoms with Crippen LogP contribution >= 0.6 is 0 Å². The number of hydrogen-bond acceptors (Lipinski definition) is 5. The van der Waals surface area contributed by atoms with Crippen LogP contribution in [0.2, 0.25) is 0 Å². The van der Waals surface area contributed by atoms with Gasteiger partial charge in [-0.1, -0.05) is 35.4 Å². The molecule has 0 aliphatic heterocycles. The minimum absolute atomic E-state index is 0.0277. The molecule has 0 fully saturated rings. The smallest absolute Gasteiger partial charge is 0.292 e. The van der Waals surface area contributed by atoms with Crippen LogP contribution in [0.25, 0.3) is 10.4 Å². The van der Waals surface area contributed by atoms with Gasteiger partial charge in [0.05, 0.1) is 11.5 Å². The summed E-state index contributed by atoms with van der Waals surface area (Å²) < 4.78 is 0. The molecular formula is C14H13N5O3. The highest BCUT2D eigenvalue weighted by Crippen LogP contribution is 2.29. The van der Waals surface area contributed by atoms with E-state index in [0.717, 1.165) is 11.1 Å². The molecule has 22 heavy (non-hydrogen) atoms. The minimum Gasteiger partial charge on any atom is -0.392 e. The van der Waals surface area contributed by atoms with Crippen LogP contribution in [0.1, 0.15) is 11.1 Å². The molecule has 8 heteroatoms. The number of nitro benzene ring substituents is 1. The summed E-state index contributed by atoms with van der Waals surface area (Å²) in [5, 5.41) is 26.4. The lowest BCUT2D eigenvalue weighted by molar-refractivity contribution is -0.383. The quantitative estimate of drug-likeness (QED) is 0.278. The summed E-state index contributed by atoms with van der Waals surface area (Å²) in [7, 11) is 0. The van der Waals surface area contributed by atoms with Crippen molar-refractivity contribution in [3.63, 3.8) is 0 Å². The summed E-state index contributed by atoms with van der Waals surface area (Å²) in [4.78, 5) is 13.1. The number of benzene rings is 2. The van der Waals surface area contributed by atoms with Crippen LogP contribution in [-0.4, -0.2) is 10.0 Å². The van der Waals surface area contributed by atoms with Crippen molar-refractivity contribution in [3.05, 3.63) is 74.1 Å². The first-order valence-electron chi connectivity index (χ1n) is 6.40. The lowest BCUT2D eigenvalue weighted by atomic mass is 10.1. The molecule has 2 rings (SSSR count). The van der Waals surface area contributed by atoms with E-state index in [1.54, 1.807) is 12.1 Å². The Hall–Kier alpha value is -3.09. The molecule has 0 unspecified atom stereocenters. The highest BCUT2D eigenvalue weighted by molar-refractivity contribution is 5.66. The molecule has 0 heterocycles. The molecule has 0 bridgehead atoms. The summed E-state index contributed by atoms with van der Waals surface area (Å²) >= 11 is 0. The third kappa shape index (κ3) is 3.72. The van der Waals surface area contributed by atoms with Crippen molar-refractivity contribution in [2.24, 2.45) is 5.11 Å². The van der Waals surface area contributed by atoms with Crippen molar-refractivity contribution in [1.29, 1.82) is 0 Å². The Labute approximate surface area is 125 Å². The average molecular weight is 299 g/mol. The van der Waals surface area contributed by atoms with Crippen molar-refractivity contribution >= 4 is 17.1 Å². The van der Waals surface area contributed by atoms with E-state index in [1.165, 1.54) is 18.2 Å². The predicted octanol–water partition coefficient (Wildman–Crippen LogP) is 3.64. The van der Waals surface area contributed by atoms with Crippen LogP contribution < -0.4 is 5.32 Å². The third-order valence-corrected chi connectivity index (χ3v) is 3.03. The van der Waals surface area contributed by atoms with Gasteiger partial charge in [0.25, 0.3) is 5.69 Å². The Morgan fingerprint density at radius 1 is 1.23 bits per heavy atom. The van der Waals surface area contributed by atoms with Crippen LogP contribution in [0.4, 0.5) is 17.1 Å². The summed E-state index contributed by atoms with van der Waals surface area (Å²) in [6.45, 7) is 0.369. The van der Waals surface area contributed by atoms with Crippen molar-refractivity contribution in [2.75, 3.05) is 5.32 Å². The molecule has 0 radical (unpaired) electrons. The number of nitro groups is 1. The molecule has 0 spiro atoms. The summed E-state index contributed by atoms with van der Waals surface area (Å²) in [6.07, 6.45) is 0. The highest BCUT2D eigenvalue weighted by Gasteiger charge is 2.14. The van der Waals surface area contributed by atoms with Gasteiger partial charge in [-0.2, -0.15) is 0 Å². The zero-order chi connectivity index (χ0) is 15.9. The zero-order valence-electron chi connectivity index (χ0n) is 11.5. The Kier molecular flexibility index (Phi) is 4.92. The zero-order valence-corrected chi connectivity index (χ0v) is 11.5. The Bertz CT molecular complexity index is 724. The number of hydrogen-bond donors (Lipinski definition) is 2. The van der Waals surface area contributed by atoms with E-state index in [-0.39, 0.29) is 18.0 Å². The number of nitrogens with zero attached hydrogens (tertiary/aromatic N) is 4. The molecule has 0 aliphatic carbocycles. The minimum atomic E-state index is -0.534. The lowest BCUT2D eigenvalue weighted by Gasteiger charge is -2.08. The number of nitrogens with one attached hydrogen (secondary N) is 1. The second kappa shape index (κ2) is 7.07. The monoisotopic (exact) mass is 299 g/mol. The van der Waals surface area contributed by atoms with Crippen molar-refractivity contribution < 1.29 is 10.0 Å². The van der Waals surface area contributed by atoms with Gasteiger partial charge < -0.3 is 10.4 Å². The first-order valence-corrected chi connectivity index (χ1v) is 6.40. The highest BCUT2D eigenvalue weighted by atomic mass is 16.6. The van der Waals surface area contributed by atoms with Gasteiger partial charge in [-0.15, -0.1) is 0 Å². The summed E-state index contributed by atoms with van der Waals surface area (Å²) in [6, 6.07) is 11.5. The Morgan fingerprint density at radius 3 is 2.50 bits per heavy atom. The van der Waals surface area contributed by atoms with E-state index in [4.69, 9.17) is 10.6 Å². The SMILES string of the molecule is [N-]=[N+]=Nc1ccc(NCc2ccc(CO)cc2)c([N+](=O)[O-])c1. The molecule has 2 aromatic carbocycles. The van der Waals surface area contributed by atoms with Gasteiger partial charge >= 0.3 is 0 Å². The first-order chi connectivity index (χ1) is 10.6. The van der Waals surface area contributed by atoms with Crippen LogP contribution in [0.15, 0.2) is 47.6 Å². The van der Waals surface area contributed by atoms with Gasteiger partial charge in [0.2, 0.25) is 0 Å². The largest absolute Gasteiger partial charge is 0.392 e. The van der Waals surface area contributed by atoms with Crippen molar-refractivity contribution in [2.45, 2.75) is 13.2 Å². The van der Waals surface area contributed by atoms with E-state index in [9.17, 15) is 10.1 Å². The summed E-state index contributed by atoms with van der Waals surface area (Å²) in [5.41, 5.74) is 10.5. The van der Waals surface area contributed by atoms with Crippen LogP contribution in [0, 0.1) is 10.1 Å². The average Bonchev–Trinajstić information content (AvgIpc) is 2.54. The number of anilines is 1. The fourth-order valence-corrected chi connectivity index (χ4v) is 1.89. The summed E-state index contributed by atoms with van der Waals surface area (Å²) in [5.74, 6) is 0. The topological polar surface area (TPSA) is 124 Å². The molecule has 0 saturated carbocycles. The van der Waals surface area contributed by atoms with Gasteiger partial charge in [-0.05, 0) is 22.7 Å². The van der Waals surface area contributed by atoms with Gasteiger partial charge in [0, 0.05) is 23.2 Å². The van der Waals surface area contributed by atoms with Gasteiger partial charge in [-0.3, -0.25) is 10.1 Å². The molecule has 0 atom stereocenters. The van der Waals surface area contributed by atoms with Gasteiger partial charge in [0.1, 0.15) is 5.69 Å². The molecule has 0 saturated heterocycles. The van der Waals surface area contributed by atoms with Crippen molar-refractivity contribution in [1.82, 2.24) is 0 Å². The maximum absolute atomic E-state index is 11.1. The molecule has 0 amide bonds. The molecule has 2 aromatic rings. The first kappa shape index (κ1) is 15.3. The molecule has 0 aliphatic rings. The van der Waals surface area contributed by atoms with E-state index < -0.39 is 4.92 Å². The Balaban J connectivity index is 2.17. The second-order valence-electron chi connectivity index (χ2n) is 4.48. The van der Waals surface area contributed by atoms with E-state index in [1.807, 2.05) is 12.1 Å². The number of aliphatic hydroxyl groups is 1. The predicted molar refractivity (Wildman–Crippen MR) is 81.6 cm³/mol. The molecule has 2 N–H and O–H groups in total. The van der Waals surface area contributed by atoms with E-state index in [2.05, 4.69) is 15.3 Å². The standard InChI is InChI=1S/C14H13N5O3/c15-18-17-12-5-6-13(14(7-12)19(21)22)16-8-10-1-3-11(9-20)4-2-10/h1-7,16,20H,8-9H2. The molecular weight excluding hydrogens is 286 g/mol. The number of rotatable bonds is 6.